The number of aliphatic hydroxyl groups is 3. The van der Waals surface area contributed by atoms with Crippen molar-refractivity contribution in [2.75, 3.05) is 19.8 Å². The molecule has 1 saturated heterocycles. The van der Waals surface area contributed by atoms with Crippen molar-refractivity contribution in [2.45, 2.75) is 327 Å². The van der Waals surface area contributed by atoms with E-state index in [9.17, 15) is 29.7 Å². The van der Waals surface area contributed by atoms with E-state index in [1.54, 1.807) is 0 Å². The number of carbonyl (C=O) groups is 3. The van der Waals surface area contributed by atoms with Gasteiger partial charge in [0.25, 0.3) is 0 Å². The van der Waals surface area contributed by atoms with Gasteiger partial charge >= 0.3 is 11.9 Å². The molecular formula is C57H109NO10. The highest BCUT2D eigenvalue weighted by molar-refractivity contribution is 5.75. The minimum Gasteiger partial charge on any atom is -0.462 e. The summed E-state index contributed by atoms with van der Waals surface area (Å²) in [5, 5.41) is 35.0. The summed E-state index contributed by atoms with van der Waals surface area (Å²) in [5.74, 6) is -0.954. The van der Waals surface area contributed by atoms with Crippen molar-refractivity contribution in [3.8, 4) is 0 Å². The summed E-state index contributed by atoms with van der Waals surface area (Å²) in [4.78, 5) is 38.5. The average Bonchev–Trinajstić information content (AvgIpc) is 3.33. The predicted octanol–water partition coefficient (Wildman–Crippen LogP) is 13.8. The minimum absolute atomic E-state index is 0.0730. The maximum absolute atomic E-state index is 13.0. The van der Waals surface area contributed by atoms with Gasteiger partial charge in [-0.3, -0.25) is 14.4 Å². The van der Waals surface area contributed by atoms with Crippen molar-refractivity contribution in [1.82, 2.24) is 5.32 Å². The van der Waals surface area contributed by atoms with Crippen LogP contribution in [0.5, 0.6) is 0 Å². The second-order valence-corrected chi connectivity index (χ2v) is 20.4. The Morgan fingerprint density at radius 1 is 0.426 bits per heavy atom. The van der Waals surface area contributed by atoms with Gasteiger partial charge in [0.15, 0.2) is 12.4 Å². The topological polar surface area (TPSA) is 161 Å². The molecule has 1 amide bonds. The normalized spacial score (nSPS) is 18.7. The molecule has 6 atom stereocenters. The first-order valence-electron chi connectivity index (χ1n) is 29.2. The number of nitrogens with one attached hydrogen (secondary N) is 1. The van der Waals surface area contributed by atoms with Crippen molar-refractivity contribution in [2.24, 2.45) is 0 Å². The maximum Gasteiger partial charge on any atom is 0.306 e. The number of rotatable bonds is 50. The molecule has 11 nitrogen and oxygen atoms in total. The fraction of sp³-hybridized carbons (Fsp3) is 0.947. The fourth-order valence-electron chi connectivity index (χ4n) is 9.22. The summed E-state index contributed by atoms with van der Waals surface area (Å²) < 4.78 is 23.1. The van der Waals surface area contributed by atoms with Gasteiger partial charge in [-0.25, -0.2) is 0 Å². The van der Waals surface area contributed by atoms with Crippen molar-refractivity contribution < 1.29 is 48.7 Å². The molecule has 0 saturated carbocycles. The van der Waals surface area contributed by atoms with Crippen molar-refractivity contribution in [3.63, 3.8) is 0 Å². The number of esters is 2. The lowest BCUT2D eigenvalue weighted by atomic mass is 9.98. The molecule has 3 unspecified atom stereocenters. The summed E-state index contributed by atoms with van der Waals surface area (Å²) in [6.07, 6.45) is 40.2. The quantitative estimate of drug-likeness (QED) is 0.0341. The Morgan fingerprint density at radius 2 is 0.765 bits per heavy atom. The molecular weight excluding hydrogens is 859 g/mol. The molecule has 0 aromatic heterocycles. The van der Waals surface area contributed by atoms with E-state index in [0.29, 0.717) is 12.8 Å². The Kier molecular flexibility index (Phi) is 44.9. The van der Waals surface area contributed by atoms with Crippen LogP contribution >= 0.6 is 0 Å². The van der Waals surface area contributed by atoms with Crippen LogP contribution in [0.3, 0.4) is 0 Å². The fourth-order valence-corrected chi connectivity index (χ4v) is 9.22. The van der Waals surface area contributed by atoms with Crippen LogP contribution in [-0.4, -0.2) is 89.7 Å². The van der Waals surface area contributed by atoms with E-state index < -0.39 is 42.8 Å². The molecule has 1 aliphatic rings. The molecule has 0 radical (unpaired) electrons. The van der Waals surface area contributed by atoms with Crippen LogP contribution < -0.4 is 5.32 Å². The molecule has 0 aromatic carbocycles. The first-order valence-corrected chi connectivity index (χ1v) is 29.2. The largest absolute Gasteiger partial charge is 0.462 e. The van der Waals surface area contributed by atoms with Gasteiger partial charge in [-0.05, 0) is 19.3 Å². The second-order valence-electron chi connectivity index (χ2n) is 20.4. The highest BCUT2D eigenvalue weighted by Crippen LogP contribution is 2.23. The number of hydrogen-bond acceptors (Lipinski definition) is 10. The molecule has 1 fully saturated rings. The van der Waals surface area contributed by atoms with E-state index in [1.807, 2.05) is 0 Å². The Balaban J connectivity index is 2.52. The zero-order chi connectivity index (χ0) is 49.6. The van der Waals surface area contributed by atoms with E-state index >= 15 is 0 Å². The lowest BCUT2D eigenvalue weighted by Gasteiger charge is -2.40. The number of aliphatic hydroxyl groups excluding tert-OH is 3. The Labute approximate surface area is 417 Å². The molecule has 4 N–H and O–H groups in total. The van der Waals surface area contributed by atoms with Crippen LogP contribution in [0, 0.1) is 0 Å². The van der Waals surface area contributed by atoms with Gasteiger partial charge in [-0.1, -0.05) is 252 Å². The van der Waals surface area contributed by atoms with Crippen LogP contribution in [-0.2, 0) is 33.3 Å². The zero-order valence-electron chi connectivity index (χ0n) is 44.5. The van der Waals surface area contributed by atoms with Gasteiger partial charge in [0.2, 0.25) is 5.91 Å². The number of unbranched alkanes of at least 4 members (excludes halogenated alkanes) is 36. The number of amides is 1. The first-order chi connectivity index (χ1) is 33.2. The van der Waals surface area contributed by atoms with E-state index in [4.69, 9.17) is 18.9 Å². The van der Waals surface area contributed by atoms with Crippen molar-refractivity contribution in [1.29, 1.82) is 0 Å². The van der Waals surface area contributed by atoms with E-state index in [-0.39, 0.29) is 44.5 Å². The molecule has 0 spiro atoms. The number of carbonyl (C=O) groups excluding carboxylic acids is 3. The SMILES string of the molecule is CCCCCCCCCCCCCCCC(=O)NCC1O[C@H](OC[C@@H](COC(=O)CCCCCCCCCCCCCCC)OC(=O)CCCCCCCCCCCCCCC)C(O)C(O)[C@@H]1O. The predicted molar refractivity (Wildman–Crippen MR) is 277 cm³/mol. The smallest absolute Gasteiger partial charge is 0.306 e. The van der Waals surface area contributed by atoms with Crippen LogP contribution in [0.15, 0.2) is 0 Å². The zero-order valence-corrected chi connectivity index (χ0v) is 44.5. The molecule has 402 valence electrons. The van der Waals surface area contributed by atoms with E-state index in [1.165, 1.54) is 186 Å². The Morgan fingerprint density at radius 3 is 1.15 bits per heavy atom. The van der Waals surface area contributed by atoms with Crippen LogP contribution in [0.1, 0.15) is 290 Å². The van der Waals surface area contributed by atoms with E-state index in [0.717, 1.165) is 57.8 Å². The molecule has 0 bridgehead atoms. The summed E-state index contributed by atoms with van der Waals surface area (Å²) in [6, 6.07) is 0. The van der Waals surface area contributed by atoms with Gasteiger partial charge in [0, 0.05) is 25.8 Å². The Hall–Kier alpha value is -1.79. The Bertz CT molecular complexity index is 1140. The minimum atomic E-state index is -1.59. The van der Waals surface area contributed by atoms with Gasteiger partial charge in [0.05, 0.1) is 6.61 Å². The lowest BCUT2D eigenvalue weighted by molar-refractivity contribution is -0.299. The standard InChI is InChI=1S/C57H109NO10/c1-4-7-10-13-16-19-22-25-28-31-34-37-40-43-51(59)58-46-50-54(62)55(63)56(64)57(68-50)66-48-49(67-53(61)45-42-39-36-33-30-27-24-21-18-15-12-9-6-3)47-65-52(60)44-41-38-35-32-29-26-23-20-17-14-11-8-5-2/h49-50,54-57,62-64H,4-48H2,1-3H3,(H,58,59)/t49-,50?,54-,55?,56?,57+/m1/s1. The maximum atomic E-state index is 13.0. The lowest BCUT2D eigenvalue weighted by Crippen LogP contribution is -2.60. The summed E-state index contributed by atoms with van der Waals surface area (Å²) in [6.45, 7) is 6.20. The van der Waals surface area contributed by atoms with Crippen molar-refractivity contribution in [3.05, 3.63) is 0 Å². The summed E-state index contributed by atoms with van der Waals surface area (Å²) in [7, 11) is 0. The van der Waals surface area contributed by atoms with Crippen LogP contribution in [0.2, 0.25) is 0 Å². The van der Waals surface area contributed by atoms with Crippen molar-refractivity contribution >= 4 is 17.8 Å². The molecule has 11 heteroatoms. The number of ether oxygens (including phenoxy) is 4. The first kappa shape index (κ1) is 64.2. The van der Waals surface area contributed by atoms with E-state index in [2.05, 4.69) is 26.1 Å². The third-order valence-electron chi connectivity index (χ3n) is 13.8. The van der Waals surface area contributed by atoms with Gasteiger partial charge in [-0.2, -0.15) is 0 Å². The highest BCUT2D eigenvalue weighted by Gasteiger charge is 2.44. The molecule has 1 heterocycles. The van der Waals surface area contributed by atoms with Crippen LogP contribution in [0.25, 0.3) is 0 Å². The molecule has 0 aromatic rings. The van der Waals surface area contributed by atoms with Crippen LogP contribution in [0.4, 0.5) is 0 Å². The third-order valence-corrected chi connectivity index (χ3v) is 13.8. The van der Waals surface area contributed by atoms with Gasteiger partial charge < -0.3 is 39.6 Å². The van der Waals surface area contributed by atoms with Gasteiger partial charge in [-0.15, -0.1) is 0 Å². The number of hydrogen-bond donors (Lipinski definition) is 4. The summed E-state index contributed by atoms with van der Waals surface area (Å²) >= 11 is 0. The average molecular weight is 968 g/mol. The second kappa shape index (κ2) is 47.5. The third kappa shape index (κ3) is 38.0. The monoisotopic (exact) mass is 968 g/mol. The summed E-state index contributed by atoms with van der Waals surface area (Å²) in [5.41, 5.74) is 0. The van der Waals surface area contributed by atoms with Gasteiger partial charge in [0.1, 0.15) is 31.0 Å². The molecule has 0 aliphatic carbocycles. The highest BCUT2D eigenvalue weighted by atomic mass is 16.7. The molecule has 68 heavy (non-hydrogen) atoms. The molecule has 1 rings (SSSR count). The molecule has 1 aliphatic heterocycles.